The van der Waals surface area contributed by atoms with E-state index < -0.39 is 8.60 Å². The van der Waals surface area contributed by atoms with Crippen molar-refractivity contribution >= 4 is 8.60 Å². The van der Waals surface area contributed by atoms with Crippen LogP contribution in [0.3, 0.4) is 0 Å². The summed E-state index contributed by atoms with van der Waals surface area (Å²) in [6.07, 6.45) is 0. The van der Waals surface area contributed by atoms with Gasteiger partial charge in [-0.1, -0.05) is 0 Å². The zero-order valence-electron chi connectivity index (χ0n) is 7.09. The smallest absolute Gasteiger partial charge is 0.313 e. The van der Waals surface area contributed by atoms with E-state index in [-0.39, 0.29) is 17.1 Å². The molecule has 0 heterocycles. The Kier molecular flexibility index (Phi) is 14.1. The molecule has 0 bridgehead atoms. The van der Waals surface area contributed by atoms with E-state index in [4.69, 9.17) is 13.6 Å². The average molecular weight is 230 g/mol. The molecule has 0 N–H and O–H groups in total. The summed E-state index contributed by atoms with van der Waals surface area (Å²) in [4.78, 5) is 0. The van der Waals surface area contributed by atoms with Gasteiger partial charge in [0.25, 0.3) is 0 Å². The zero-order chi connectivity index (χ0) is 7.82. The van der Waals surface area contributed by atoms with E-state index >= 15 is 0 Å². The fourth-order valence-electron chi connectivity index (χ4n) is 0.428. The number of rotatable bonds is 6. The Labute approximate surface area is 80.3 Å². The van der Waals surface area contributed by atoms with Gasteiger partial charge in [-0.3, -0.25) is 0 Å². The number of hydrogen-bond donors (Lipinski definition) is 0. The monoisotopic (exact) mass is 229 g/mol. The van der Waals surface area contributed by atoms with E-state index in [0.29, 0.717) is 19.8 Å². The topological polar surface area (TPSA) is 27.7 Å². The third-order valence-corrected chi connectivity index (χ3v) is 2.11. The van der Waals surface area contributed by atoms with Crippen molar-refractivity contribution in [1.29, 1.82) is 0 Å². The summed E-state index contributed by atoms with van der Waals surface area (Å²) < 4.78 is 15.4. The Balaban J connectivity index is 0. The van der Waals surface area contributed by atoms with Gasteiger partial charge in [-0.15, -0.1) is 0 Å². The second kappa shape index (κ2) is 10.8. The molecule has 0 radical (unpaired) electrons. The fraction of sp³-hybridized carbons (Fsp3) is 1.00. The van der Waals surface area contributed by atoms with Crippen molar-refractivity contribution in [3.8, 4) is 0 Å². The quantitative estimate of drug-likeness (QED) is 0.517. The molecule has 0 aromatic carbocycles. The first-order chi connectivity index (χ1) is 4.85. The van der Waals surface area contributed by atoms with Gasteiger partial charge < -0.3 is 13.6 Å². The average Bonchev–Trinajstić information content (AvgIpc) is 1.90. The molecule has 0 saturated carbocycles. The first-order valence-corrected chi connectivity index (χ1v) is 4.63. The third-order valence-electron chi connectivity index (χ3n) is 0.704. The summed E-state index contributed by atoms with van der Waals surface area (Å²) in [6, 6.07) is 0. The molecule has 11 heavy (non-hydrogen) atoms. The Bertz CT molecular complexity index is 60.6. The minimum atomic E-state index is -1.06. The van der Waals surface area contributed by atoms with Crippen molar-refractivity contribution in [3.05, 3.63) is 0 Å². The molecule has 72 valence electrons. The van der Waals surface area contributed by atoms with Gasteiger partial charge in [0.2, 0.25) is 0 Å². The SMILES string of the molecule is CCOP(OCC)OCC.[Cu+]. The minimum absolute atomic E-state index is 0. The molecule has 0 saturated heterocycles. The predicted molar refractivity (Wildman–Crippen MR) is 41.8 cm³/mol. The maximum atomic E-state index is 5.14. The maximum absolute atomic E-state index is 5.14. The Morgan fingerprint density at radius 2 is 1.09 bits per heavy atom. The van der Waals surface area contributed by atoms with E-state index in [1.54, 1.807) is 0 Å². The normalized spacial score (nSPS) is 9.82. The van der Waals surface area contributed by atoms with Crippen LogP contribution in [0.15, 0.2) is 0 Å². The summed E-state index contributed by atoms with van der Waals surface area (Å²) in [6.45, 7) is 7.71. The largest absolute Gasteiger partial charge is 1.00 e. The van der Waals surface area contributed by atoms with Crippen LogP contribution in [0.5, 0.6) is 0 Å². The van der Waals surface area contributed by atoms with Crippen molar-refractivity contribution in [2.75, 3.05) is 19.8 Å². The first kappa shape index (κ1) is 14.4. The van der Waals surface area contributed by atoms with Gasteiger partial charge in [0.15, 0.2) is 0 Å². The van der Waals surface area contributed by atoms with Crippen LogP contribution < -0.4 is 0 Å². The molecular weight excluding hydrogens is 215 g/mol. The minimum Gasteiger partial charge on any atom is -0.313 e. The summed E-state index contributed by atoms with van der Waals surface area (Å²) in [5.41, 5.74) is 0. The van der Waals surface area contributed by atoms with Gasteiger partial charge in [0, 0.05) is 0 Å². The first-order valence-electron chi connectivity index (χ1n) is 3.54. The molecule has 0 spiro atoms. The van der Waals surface area contributed by atoms with Crippen LogP contribution in [0.25, 0.3) is 0 Å². The van der Waals surface area contributed by atoms with Crippen molar-refractivity contribution in [2.45, 2.75) is 20.8 Å². The second-order valence-electron chi connectivity index (χ2n) is 1.48. The predicted octanol–water partition coefficient (Wildman–Crippen LogP) is 2.32. The van der Waals surface area contributed by atoms with E-state index in [9.17, 15) is 0 Å². The van der Waals surface area contributed by atoms with E-state index in [0.717, 1.165) is 0 Å². The summed E-state index contributed by atoms with van der Waals surface area (Å²) in [5.74, 6) is 0. The molecule has 0 aliphatic carbocycles. The van der Waals surface area contributed by atoms with Gasteiger partial charge in [-0.05, 0) is 20.8 Å². The molecule has 0 aromatic heterocycles. The summed E-state index contributed by atoms with van der Waals surface area (Å²) in [5, 5.41) is 0. The van der Waals surface area contributed by atoms with Crippen molar-refractivity contribution in [3.63, 3.8) is 0 Å². The molecule has 0 amide bonds. The molecule has 0 rings (SSSR count). The number of hydrogen-bond acceptors (Lipinski definition) is 3. The summed E-state index contributed by atoms with van der Waals surface area (Å²) in [7, 11) is -1.06. The molecule has 0 unspecified atom stereocenters. The van der Waals surface area contributed by atoms with Gasteiger partial charge in [-0.2, -0.15) is 0 Å². The molecule has 5 heteroatoms. The van der Waals surface area contributed by atoms with E-state index in [2.05, 4.69) is 0 Å². The molecule has 3 nitrogen and oxygen atoms in total. The van der Waals surface area contributed by atoms with Crippen LogP contribution in [-0.4, -0.2) is 19.8 Å². The zero-order valence-corrected chi connectivity index (χ0v) is 8.93. The van der Waals surface area contributed by atoms with E-state index in [1.165, 1.54) is 0 Å². The van der Waals surface area contributed by atoms with Crippen LogP contribution in [0.1, 0.15) is 20.8 Å². The molecule has 0 aromatic rings. The molecule has 0 aliphatic rings. The molecule has 0 atom stereocenters. The Morgan fingerprint density at radius 1 is 0.818 bits per heavy atom. The van der Waals surface area contributed by atoms with Crippen LogP contribution >= 0.6 is 8.60 Å². The standard InChI is InChI=1S/C6H15O3P.Cu/c1-4-7-10(8-5-2)9-6-3;/h4-6H2,1-3H3;/q;+1. The van der Waals surface area contributed by atoms with Crippen LogP contribution in [-0.2, 0) is 30.6 Å². The molecule has 0 aliphatic heterocycles. The third kappa shape index (κ3) is 8.74. The maximum Gasteiger partial charge on any atom is 1.00 e. The Morgan fingerprint density at radius 3 is 1.27 bits per heavy atom. The fourth-order valence-corrected chi connectivity index (χ4v) is 1.28. The summed E-state index contributed by atoms with van der Waals surface area (Å²) >= 11 is 0. The van der Waals surface area contributed by atoms with Crippen molar-refractivity contribution < 1.29 is 30.6 Å². The van der Waals surface area contributed by atoms with Crippen LogP contribution in [0.4, 0.5) is 0 Å². The van der Waals surface area contributed by atoms with Crippen LogP contribution in [0, 0.1) is 0 Å². The Hall–Kier alpha value is 0.829. The molecule has 0 fully saturated rings. The van der Waals surface area contributed by atoms with Crippen molar-refractivity contribution in [2.24, 2.45) is 0 Å². The second-order valence-corrected chi connectivity index (χ2v) is 2.70. The van der Waals surface area contributed by atoms with Gasteiger partial charge in [-0.25, -0.2) is 0 Å². The van der Waals surface area contributed by atoms with E-state index in [1.807, 2.05) is 20.8 Å². The van der Waals surface area contributed by atoms with Gasteiger partial charge in [0.05, 0.1) is 19.8 Å². The van der Waals surface area contributed by atoms with Gasteiger partial charge in [0.1, 0.15) is 0 Å². The molecular formula is C6H15CuO3P+. The van der Waals surface area contributed by atoms with Crippen molar-refractivity contribution in [1.82, 2.24) is 0 Å². The van der Waals surface area contributed by atoms with Gasteiger partial charge >= 0.3 is 25.7 Å². The van der Waals surface area contributed by atoms with Crippen LogP contribution in [0.2, 0.25) is 0 Å².